The van der Waals surface area contributed by atoms with Gasteiger partial charge in [0.25, 0.3) is 0 Å². The van der Waals surface area contributed by atoms with Gasteiger partial charge in [-0.25, -0.2) is 0 Å². The van der Waals surface area contributed by atoms with E-state index in [0.29, 0.717) is 12.1 Å². The highest BCUT2D eigenvalue weighted by Crippen LogP contribution is 2.26. The van der Waals surface area contributed by atoms with Crippen LogP contribution < -0.4 is 5.73 Å². The molecule has 3 atom stereocenters. The molecule has 0 amide bonds. The molecule has 0 radical (unpaired) electrons. The van der Waals surface area contributed by atoms with Crippen molar-refractivity contribution in [3.8, 4) is 0 Å². The first-order valence-corrected chi connectivity index (χ1v) is 7.09. The first-order valence-electron chi connectivity index (χ1n) is 7.09. The number of likely N-dealkylation sites (N-methyl/N-ethyl adjacent to an activating group) is 1. The lowest BCUT2D eigenvalue weighted by molar-refractivity contribution is 0.131. The van der Waals surface area contributed by atoms with E-state index in [1.807, 2.05) is 0 Å². The van der Waals surface area contributed by atoms with Crippen molar-refractivity contribution in [3.63, 3.8) is 0 Å². The van der Waals surface area contributed by atoms with Crippen molar-refractivity contribution in [1.29, 1.82) is 0 Å². The van der Waals surface area contributed by atoms with Gasteiger partial charge in [0, 0.05) is 18.1 Å². The lowest BCUT2D eigenvalue weighted by Gasteiger charge is -2.38. The minimum atomic E-state index is 0.140. The highest BCUT2D eigenvalue weighted by Gasteiger charge is 2.25. The molecule has 0 spiro atoms. The average Bonchev–Trinajstić information content (AvgIpc) is 2.36. The Balaban J connectivity index is 3.04. The highest BCUT2D eigenvalue weighted by molar-refractivity contribution is 5.25. The first-order chi connectivity index (χ1) is 8.51. The SMILES string of the molecule is CCC(C)N(CC)C(c1ccc(C)cc1)C(C)N. The van der Waals surface area contributed by atoms with Crippen LogP contribution in [0.1, 0.15) is 51.3 Å². The largest absolute Gasteiger partial charge is 0.326 e. The quantitative estimate of drug-likeness (QED) is 0.835. The third-order valence-electron chi connectivity index (χ3n) is 3.80. The molecule has 0 aliphatic carbocycles. The van der Waals surface area contributed by atoms with Crippen LogP contribution in [0.4, 0.5) is 0 Å². The van der Waals surface area contributed by atoms with Crippen LogP contribution in [0.15, 0.2) is 24.3 Å². The molecule has 0 aliphatic rings. The summed E-state index contributed by atoms with van der Waals surface area (Å²) < 4.78 is 0. The summed E-state index contributed by atoms with van der Waals surface area (Å²) in [7, 11) is 0. The second-order valence-corrected chi connectivity index (χ2v) is 5.30. The molecule has 2 heteroatoms. The number of aryl methyl sites for hydroxylation is 1. The summed E-state index contributed by atoms with van der Waals surface area (Å²) >= 11 is 0. The van der Waals surface area contributed by atoms with Gasteiger partial charge in [-0.2, -0.15) is 0 Å². The van der Waals surface area contributed by atoms with E-state index in [4.69, 9.17) is 5.73 Å². The molecule has 0 aromatic heterocycles. The van der Waals surface area contributed by atoms with Gasteiger partial charge < -0.3 is 5.73 Å². The number of hydrogen-bond donors (Lipinski definition) is 1. The van der Waals surface area contributed by atoms with Crippen LogP contribution in [0.25, 0.3) is 0 Å². The fourth-order valence-corrected chi connectivity index (χ4v) is 2.58. The topological polar surface area (TPSA) is 29.3 Å². The number of hydrogen-bond acceptors (Lipinski definition) is 2. The Labute approximate surface area is 112 Å². The maximum absolute atomic E-state index is 6.23. The van der Waals surface area contributed by atoms with Crippen molar-refractivity contribution in [1.82, 2.24) is 4.90 Å². The Kier molecular flexibility index (Phi) is 5.83. The molecular weight excluding hydrogens is 220 g/mol. The second kappa shape index (κ2) is 6.91. The lowest BCUT2D eigenvalue weighted by Crippen LogP contribution is -2.43. The van der Waals surface area contributed by atoms with Crippen LogP contribution in [-0.2, 0) is 0 Å². The molecule has 2 N–H and O–H groups in total. The van der Waals surface area contributed by atoms with Gasteiger partial charge in [-0.1, -0.05) is 43.7 Å². The highest BCUT2D eigenvalue weighted by atomic mass is 15.2. The second-order valence-electron chi connectivity index (χ2n) is 5.30. The Hall–Kier alpha value is -0.860. The monoisotopic (exact) mass is 248 g/mol. The van der Waals surface area contributed by atoms with Crippen LogP contribution in [0.3, 0.4) is 0 Å². The predicted octanol–water partition coefficient (Wildman–Crippen LogP) is 3.50. The summed E-state index contributed by atoms with van der Waals surface area (Å²) in [6, 6.07) is 9.80. The molecule has 1 aromatic rings. The van der Waals surface area contributed by atoms with Gasteiger partial charge >= 0.3 is 0 Å². The van der Waals surface area contributed by atoms with Crippen molar-refractivity contribution >= 4 is 0 Å². The normalized spacial score (nSPS) is 16.6. The first kappa shape index (κ1) is 15.2. The molecule has 2 nitrogen and oxygen atoms in total. The van der Waals surface area contributed by atoms with Crippen LogP contribution in [0.5, 0.6) is 0 Å². The zero-order valence-electron chi connectivity index (χ0n) is 12.5. The van der Waals surface area contributed by atoms with E-state index in [2.05, 4.69) is 63.8 Å². The van der Waals surface area contributed by atoms with Gasteiger partial charge in [0.1, 0.15) is 0 Å². The van der Waals surface area contributed by atoms with Gasteiger partial charge in [0.2, 0.25) is 0 Å². The van der Waals surface area contributed by atoms with Crippen molar-refractivity contribution in [2.24, 2.45) is 5.73 Å². The fraction of sp³-hybridized carbons (Fsp3) is 0.625. The molecule has 0 fully saturated rings. The standard InChI is InChI=1S/C16H28N2/c1-6-13(4)18(7-2)16(14(5)17)15-10-8-12(3)9-11-15/h8-11,13-14,16H,6-7,17H2,1-5H3. The molecular formula is C16H28N2. The minimum absolute atomic E-state index is 0.140. The summed E-state index contributed by atoms with van der Waals surface area (Å²) in [4.78, 5) is 2.51. The van der Waals surface area contributed by atoms with E-state index < -0.39 is 0 Å². The smallest absolute Gasteiger partial charge is 0.0499 e. The molecule has 1 rings (SSSR count). The van der Waals surface area contributed by atoms with Crippen LogP contribution in [0.2, 0.25) is 0 Å². The molecule has 0 bridgehead atoms. The maximum Gasteiger partial charge on any atom is 0.0499 e. The van der Waals surface area contributed by atoms with E-state index in [-0.39, 0.29) is 6.04 Å². The molecule has 3 unspecified atom stereocenters. The molecule has 18 heavy (non-hydrogen) atoms. The third-order valence-corrected chi connectivity index (χ3v) is 3.80. The lowest BCUT2D eigenvalue weighted by atomic mass is 9.96. The summed E-state index contributed by atoms with van der Waals surface area (Å²) in [6.45, 7) is 12.0. The summed E-state index contributed by atoms with van der Waals surface area (Å²) in [6.07, 6.45) is 1.16. The van der Waals surface area contributed by atoms with Crippen molar-refractivity contribution in [2.45, 2.75) is 59.2 Å². The van der Waals surface area contributed by atoms with Crippen molar-refractivity contribution < 1.29 is 0 Å². The summed E-state index contributed by atoms with van der Waals surface area (Å²) in [5, 5.41) is 0. The maximum atomic E-state index is 6.23. The van der Waals surface area contributed by atoms with Gasteiger partial charge in [-0.3, -0.25) is 4.90 Å². The number of rotatable bonds is 6. The Morgan fingerprint density at radius 1 is 1.11 bits per heavy atom. The van der Waals surface area contributed by atoms with Gasteiger partial charge in [0.05, 0.1) is 0 Å². The van der Waals surface area contributed by atoms with Crippen molar-refractivity contribution in [3.05, 3.63) is 35.4 Å². The molecule has 0 heterocycles. The van der Waals surface area contributed by atoms with Crippen LogP contribution >= 0.6 is 0 Å². The van der Waals surface area contributed by atoms with Gasteiger partial charge in [0.15, 0.2) is 0 Å². The van der Waals surface area contributed by atoms with E-state index in [0.717, 1.165) is 13.0 Å². The zero-order chi connectivity index (χ0) is 13.7. The summed E-state index contributed by atoms with van der Waals surface area (Å²) in [5.41, 5.74) is 8.87. The van der Waals surface area contributed by atoms with Gasteiger partial charge in [-0.05, 0) is 39.3 Å². The summed E-state index contributed by atoms with van der Waals surface area (Å²) in [5.74, 6) is 0. The Morgan fingerprint density at radius 2 is 1.67 bits per heavy atom. The van der Waals surface area contributed by atoms with E-state index in [1.54, 1.807) is 0 Å². The molecule has 1 aromatic carbocycles. The van der Waals surface area contributed by atoms with E-state index in [1.165, 1.54) is 11.1 Å². The Bertz CT molecular complexity index is 343. The molecule has 0 saturated heterocycles. The van der Waals surface area contributed by atoms with Crippen LogP contribution in [-0.4, -0.2) is 23.5 Å². The third kappa shape index (κ3) is 3.56. The molecule has 102 valence electrons. The predicted molar refractivity (Wildman–Crippen MR) is 79.7 cm³/mol. The number of nitrogens with two attached hydrogens (primary N) is 1. The molecule has 0 saturated carbocycles. The zero-order valence-corrected chi connectivity index (χ0v) is 12.5. The number of nitrogens with zero attached hydrogens (tertiary/aromatic N) is 1. The van der Waals surface area contributed by atoms with E-state index >= 15 is 0 Å². The molecule has 0 aliphatic heterocycles. The average molecular weight is 248 g/mol. The van der Waals surface area contributed by atoms with E-state index in [9.17, 15) is 0 Å². The van der Waals surface area contributed by atoms with Crippen LogP contribution in [0, 0.1) is 6.92 Å². The Morgan fingerprint density at radius 3 is 2.06 bits per heavy atom. The number of benzene rings is 1. The van der Waals surface area contributed by atoms with Crippen molar-refractivity contribution in [2.75, 3.05) is 6.54 Å². The van der Waals surface area contributed by atoms with Gasteiger partial charge in [-0.15, -0.1) is 0 Å². The minimum Gasteiger partial charge on any atom is -0.326 e. The fourth-order valence-electron chi connectivity index (χ4n) is 2.58.